The highest BCUT2D eigenvalue weighted by Gasteiger charge is 2.05. The number of nitrogens with zero attached hydrogens (tertiary/aromatic N) is 2. The molecule has 0 aliphatic carbocycles. The fourth-order valence-corrected chi connectivity index (χ4v) is 1.62. The standard InChI is InChI=1S/C14H15N3O/c1-3-4-11-9-12(15)5-6-13(11)18-14-7-8-16-10(2)17-14/h3,5-9H,1,4,15H2,2H3. The van der Waals surface area contributed by atoms with Crippen LogP contribution in [-0.2, 0) is 6.42 Å². The lowest BCUT2D eigenvalue weighted by Crippen LogP contribution is -1.96. The predicted molar refractivity (Wildman–Crippen MR) is 71.6 cm³/mol. The molecule has 0 saturated carbocycles. The summed E-state index contributed by atoms with van der Waals surface area (Å²) in [5.74, 6) is 1.94. The van der Waals surface area contributed by atoms with Crippen LogP contribution in [0.25, 0.3) is 0 Å². The molecule has 4 heteroatoms. The molecular formula is C14H15N3O. The molecule has 0 saturated heterocycles. The van der Waals surface area contributed by atoms with Crippen LogP contribution < -0.4 is 10.5 Å². The molecule has 0 spiro atoms. The zero-order valence-electron chi connectivity index (χ0n) is 10.3. The van der Waals surface area contributed by atoms with E-state index >= 15 is 0 Å². The lowest BCUT2D eigenvalue weighted by molar-refractivity contribution is 0.455. The number of hydrogen-bond donors (Lipinski definition) is 1. The molecule has 0 bridgehead atoms. The molecule has 2 N–H and O–H groups in total. The summed E-state index contributed by atoms with van der Waals surface area (Å²) in [6.45, 7) is 5.55. The second-order valence-electron chi connectivity index (χ2n) is 3.90. The average molecular weight is 241 g/mol. The molecule has 4 nitrogen and oxygen atoms in total. The van der Waals surface area contributed by atoms with Crippen LogP contribution in [0.3, 0.4) is 0 Å². The molecule has 0 aliphatic rings. The molecule has 0 amide bonds. The Bertz CT molecular complexity index is 567. The first-order chi connectivity index (χ1) is 8.69. The van der Waals surface area contributed by atoms with Crippen molar-refractivity contribution in [3.05, 3.63) is 54.5 Å². The van der Waals surface area contributed by atoms with E-state index in [1.54, 1.807) is 18.3 Å². The first-order valence-corrected chi connectivity index (χ1v) is 5.66. The number of ether oxygens (including phenoxy) is 1. The van der Waals surface area contributed by atoms with E-state index in [2.05, 4.69) is 16.5 Å². The minimum atomic E-state index is 0.526. The van der Waals surface area contributed by atoms with Crippen LogP contribution in [0.2, 0.25) is 0 Å². The van der Waals surface area contributed by atoms with Gasteiger partial charge in [-0.3, -0.25) is 0 Å². The van der Waals surface area contributed by atoms with Gasteiger partial charge in [-0.1, -0.05) is 6.08 Å². The van der Waals surface area contributed by atoms with Gasteiger partial charge in [0.05, 0.1) is 0 Å². The SMILES string of the molecule is C=CCc1cc(N)ccc1Oc1ccnc(C)n1. The van der Waals surface area contributed by atoms with E-state index < -0.39 is 0 Å². The highest BCUT2D eigenvalue weighted by molar-refractivity contribution is 5.49. The number of allylic oxidation sites excluding steroid dienone is 1. The van der Waals surface area contributed by atoms with Crippen molar-refractivity contribution in [1.29, 1.82) is 0 Å². The quantitative estimate of drug-likeness (QED) is 0.660. The van der Waals surface area contributed by atoms with Crippen LogP contribution in [0.1, 0.15) is 11.4 Å². The summed E-state index contributed by atoms with van der Waals surface area (Å²) in [6.07, 6.45) is 4.18. The Morgan fingerprint density at radius 2 is 2.22 bits per heavy atom. The van der Waals surface area contributed by atoms with Gasteiger partial charge in [0.2, 0.25) is 5.88 Å². The number of hydrogen-bond acceptors (Lipinski definition) is 4. The number of aromatic nitrogens is 2. The lowest BCUT2D eigenvalue weighted by Gasteiger charge is -2.10. The third-order valence-corrected chi connectivity index (χ3v) is 2.41. The summed E-state index contributed by atoms with van der Waals surface area (Å²) in [6, 6.07) is 7.24. The Balaban J connectivity index is 2.30. The van der Waals surface area contributed by atoms with Gasteiger partial charge in [0.15, 0.2) is 0 Å². The molecular weight excluding hydrogens is 226 g/mol. The molecule has 92 valence electrons. The van der Waals surface area contributed by atoms with Gasteiger partial charge >= 0.3 is 0 Å². The van der Waals surface area contributed by atoms with E-state index in [0.29, 0.717) is 23.8 Å². The van der Waals surface area contributed by atoms with E-state index in [1.165, 1.54) is 0 Å². The van der Waals surface area contributed by atoms with Gasteiger partial charge in [0, 0.05) is 23.5 Å². The second kappa shape index (κ2) is 5.31. The lowest BCUT2D eigenvalue weighted by atomic mass is 10.1. The topological polar surface area (TPSA) is 61.0 Å². The molecule has 1 aromatic carbocycles. The maximum absolute atomic E-state index is 5.76. The molecule has 1 heterocycles. The van der Waals surface area contributed by atoms with Crippen molar-refractivity contribution in [3.8, 4) is 11.6 Å². The molecule has 0 fully saturated rings. The average Bonchev–Trinajstić information content (AvgIpc) is 2.33. The number of anilines is 1. The normalized spacial score (nSPS) is 10.1. The number of nitrogens with two attached hydrogens (primary N) is 1. The summed E-state index contributed by atoms with van der Waals surface area (Å²) in [4.78, 5) is 8.23. The van der Waals surface area contributed by atoms with Crippen LogP contribution in [0.15, 0.2) is 43.1 Å². The van der Waals surface area contributed by atoms with Crippen molar-refractivity contribution in [2.75, 3.05) is 5.73 Å². The summed E-state index contributed by atoms with van der Waals surface area (Å²) in [5, 5.41) is 0. The van der Waals surface area contributed by atoms with E-state index in [0.717, 1.165) is 11.3 Å². The molecule has 0 radical (unpaired) electrons. The smallest absolute Gasteiger partial charge is 0.222 e. The summed E-state index contributed by atoms with van der Waals surface area (Å²) in [5.41, 5.74) is 7.45. The third-order valence-electron chi connectivity index (χ3n) is 2.41. The van der Waals surface area contributed by atoms with Crippen molar-refractivity contribution in [2.45, 2.75) is 13.3 Å². The maximum atomic E-state index is 5.76. The van der Waals surface area contributed by atoms with Crippen LogP contribution in [-0.4, -0.2) is 9.97 Å². The Hall–Kier alpha value is -2.36. The first-order valence-electron chi connectivity index (χ1n) is 5.66. The Labute approximate surface area is 106 Å². The molecule has 18 heavy (non-hydrogen) atoms. The minimum absolute atomic E-state index is 0.526. The van der Waals surface area contributed by atoms with Gasteiger partial charge < -0.3 is 10.5 Å². The zero-order chi connectivity index (χ0) is 13.0. The number of nitrogen functional groups attached to an aromatic ring is 1. The largest absolute Gasteiger partial charge is 0.439 e. The summed E-state index contributed by atoms with van der Waals surface area (Å²) < 4.78 is 5.74. The van der Waals surface area contributed by atoms with Crippen LogP contribution in [0, 0.1) is 6.92 Å². The summed E-state index contributed by atoms with van der Waals surface area (Å²) >= 11 is 0. The monoisotopic (exact) mass is 241 g/mol. The van der Waals surface area contributed by atoms with Gasteiger partial charge in [-0.05, 0) is 31.5 Å². The minimum Gasteiger partial charge on any atom is -0.439 e. The third kappa shape index (κ3) is 2.85. The van der Waals surface area contributed by atoms with Crippen LogP contribution >= 0.6 is 0 Å². The second-order valence-corrected chi connectivity index (χ2v) is 3.90. The van der Waals surface area contributed by atoms with E-state index in [9.17, 15) is 0 Å². The highest BCUT2D eigenvalue weighted by atomic mass is 16.5. The highest BCUT2D eigenvalue weighted by Crippen LogP contribution is 2.26. The Morgan fingerprint density at radius 3 is 2.94 bits per heavy atom. The van der Waals surface area contributed by atoms with Crippen molar-refractivity contribution in [1.82, 2.24) is 9.97 Å². The number of rotatable bonds is 4. The fourth-order valence-electron chi connectivity index (χ4n) is 1.62. The first kappa shape index (κ1) is 12.1. The van der Waals surface area contributed by atoms with Crippen molar-refractivity contribution < 1.29 is 4.74 Å². The molecule has 0 aliphatic heterocycles. The van der Waals surface area contributed by atoms with E-state index in [1.807, 2.05) is 25.1 Å². The van der Waals surface area contributed by atoms with Crippen molar-refractivity contribution in [2.24, 2.45) is 0 Å². The van der Waals surface area contributed by atoms with Crippen molar-refractivity contribution in [3.63, 3.8) is 0 Å². The fraction of sp³-hybridized carbons (Fsp3) is 0.143. The molecule has 2 aromatic rings. The van der Waals surface area contributed by atoms with Gasteiger partial charge in [-0.25, -0.2) is 4.98 Å². The van der Waals surface area contributed by atoms with E-state index in [4.69, 9.17) is 10.5 Å². The predicted octanol–water partition coefficient (Wildman–Crippen LogP) is 2.89. The summed E-state index contributed by atoms with van der Waals surface area (Å²) in [7, 11) is 0. The Morgan fingerprint density at radius 1 is 1.39 bits per heavy atom. The van der Waals surface area contributed by atoms with Crippen LogP contribution in [0.4, 0.5) is 5.69 Å². The molecule has 0 atom stereocenters. The van der Waals surface area contributed by atoms with Gasteiger partial charge in [-0.15, -0.1) is 6.58 Å². The molecule has 1 aromatic heterocycles. The van der Waals surface area contributed by atoms with Gasteiger partial charge in [-0.2, -0.15) is 4.98 Å². The maximum Gasteiger partial charge on any atom is 0.222 e. The van der Waals surface area contributed by atoms with Gasteiger partial charge in [0.1, 0.15) is 11.6 Å². The Kier molecular flexibility index (Phi) is 3.57. The van der Waals surface area contributed by atoms with Crippen molar-refractivity contribution >= 4 is 5.69 Å². The number of benzene rings is 1. The molecule has 2 rings (SSSR count). The van der Waals surface area contributed by atoms with Gasteiger partial charge in [0.25, 0.3) is 0 Å². The molecule has 0 unspecified atom stereocenters. The van der Waals surface area contributed by atoms with E-state index in [-0.39, 0.29) is 0 Å². The number of aryl methyl sites for hydroxylation is 1. The van der Waals surface area contributed by atoms with Crippen LogP contribution in [0.5, 0.6) is 11.6 Å². The zero-order valence-corrected chi connectivity index (χ0v) is 10.3.